The molecule has 1 unspecified atom stereocenters. The largest absolute Gasteiger partial charge is 0.444 e. The van der Waals surface area contributed by atoms with Gasteiger partial charge < -0.3 is 14.8 Å². The Labute approximate surface area is 118 Å². The lowest BCUT2D eigenvalue weighted by Crippen LogP contribution is -2.46. The van der Waals surface area contributed by atoms with Gasteiger partial charge in [-0.3, -0.25) is 0 Å². The van der Waals surface area contributed by atoms with E-state index in [1.54, 1.807) is 0 Å². The number of rotatable bonds is 6. The second-order valence-corrected chi connectivity index (χ2v) is 6.75. The van der Waals surface area contributed by atoms with Crippen molar-refractivity contribution in [2.24, 2.45) is 5.92 Å². The summed E-state index contributed by atoms with van der Waals surface area (Å²) in [6.45, 7) is 8.75. The minimum Gasteiger partial charge on any atom is -0.444 e. The van der Waals surface area contributed by atoms with E-state index in [0.29, 0.717) is 17.8 Å². The highest BCUT2D eigenvalue weighted by atomic mass is 79.9. The van der Waals surface area contributed by atoms with Crippen LogP contribution >= 0.6 is 15.9 Å². The highest BCUT2D eigenvalue weighted by Gasteiger charge is 2.30. The van der Waals surface area contributed by atoms with Gasteiger partial charge in [0, 0.05) is 5.33 Å². The van der Waals surface area contributed by atoms with Crippen LogP contribution in [0.4, 0.5) is 4.79 Å². The minimum atomic E-state index is -0.468. The number of hydrogen-bond donors (Lipinski definition) is 1. The molecule has 0 saturated heterocycles. The first-order valence-corrected chi connectivity index (χ1v) is 7.53. The monoisotopic (exact) mass is 321 g/mol. The first kappa shape index (κ1) is 15.8. The molecule has 18 heavy (non-hydrogen) atoms. The normalized spacial score (nSPS) is 19.2. The Morgan fingerprint density at radius 3 is 2.39 bits per heavy atom. The predicted molar refractivity (Wildman–Crippen MR) is 75.1 cm³/mol. The van der Waals surface area contributed by atoms with Crippen LogP contribution in [0, 0.1) is 5.92 Å². The van der Waals surface area contributed by atoms with Crippen molar-refractivity contribution < 1.29 is 14.3 Å². The molecule has 0 aromatic carbocycles. The Morgan fingerprint density at radius 1 is 1.33 bits per heavy atom. The minimum absolute atomic E-state index is 0.376. The van der Waals surface area contributed by atoms with Crippen molar-refractivity contribution in [3.63, 3.8) is 0 Å². The fraction of sp³-hybridized carbons (Fsp3) is 0.923. The summed E-state index contributed by atoms with van der Waals surface area (Å²) in [5.41, 5.74) is -0.844. The number of amides is 1. The molecular formula is C13H24BrNO3. The van der Waals surface area contributed by atoms with E-state index in [4.69, 9.17) is 9.47 Å². The molecule has 1 aliphatic carbocycles. The van der Waals surface area contributed by atoms with Gasteiger partial charge in [-0.15, -0.1) is 0 Å². The van der Waals surface area contributed by atoms with Crippen molar-refractivity contribution in [3.8, 4) is 0 Å². The van der Waals surface area contributed by atoms with Crippen molar-refractivity contribution in [2.75, 3.05) is 18.5 Å². The van der Waals surface area contributed by atoms with Crippen LogP contribution in [-0.4, -0.2) is 35.8 Å². The van der Waals surface area contributed by atoms with E-state index >= 15 is 0 Å². The molecule has 1 saturated carbocycles. The molecule has 0 aromatic rings. The molecule has 0 aliphatic heterocycles. The molecule has 4 nitrogen and oxygen atoms in total. The number of ether oxygens (including phenoxy) is 2. The van der Waals surface area contributed by atoms with Gasteiger partial charge in [0.2, 0.25) is 0 Å². The van der Waals surface area contributed by atoms with E-state index in [9.17, 15) is 4.79 Å². The molecule has 1 N–H and O–H groups in total. The predicted octanol–water partition coefficient (Wildman–Crippen LogP) is 3.09. The van der Waals surface area contributed by atoms with Crippen LogP contribution in [0.25, 0.3) is 0 Å². The van der Waals surface area contributed by atoms with Gasteiger partial charge in [0.05, 0.1) is 18.8 Å². The second-order valence-electron chi connectivity index (χ2n) is 6.19. The van der Waals surface area contributed by atoms with E-state index in [0.717, 1.165) is 6.61 Å². The van der Waals surface area contributed by atoms with E-state index < -0.39 is 11.7 Å². The maximum atomic E-state index is 11.6. The topological polar surface area (TPSA) is 47.6 Å². The summed E-state index contributed by atoms with van der Waals surface area (Å²) in [6.07, 6.45) is 2.13. The van der Waals surface area contributed by atoms with Crippen LogP contribution in [0.5, 0.6) is 0 Å². The number of carbonyl (C=O) groups excluding carboxylic acids is 1. The molecule has 1 atom stereocenters. The van der Waals surface area contributed by atoms with Crippen molar-refractivity contribution in [3.05, 3.63) is 0 Å². The summed E-state index contributed by atoms with van der Waals surface area (Å²) >= 11 is 3.44. The molecule has 1 aliphatic rings. The summed E-state index contributed by atoms with van der Waals surface area (Å²) in [5, 5.41) is 3.44. The average molecular weight is 322 g/mol. The zero-order valence-corrected chi connectivity index (χ0v) is 13.3. The second kappa shape index (κ2) is 6.24. The van der Waals surface area contributed by atoms with E-state index in [1.807, 2.05) is 27.7 Å². The Balaban J connectivity index is 2.30. The highest BCUT2D eigenvalue weighted by Crippen LogP contribution is 2.30. The van der Waals surface area contributed by atoms with Crippen LogP contribution in [0.1, 0.15) is 40.5 Å². The van der Waals surface area contributed by atoms with Gasteiger partial charge in [0.15, 0.2) is 0 Å². The van der Waals surface area contributed by atoms with E-state index in [-0.39, 0.29) is 5.60 Å². The van der Waals surface area contributed by atoms with E-state index in [1.165, 1.54) is 12.8 Å². The molecule has 5 heteroatoms. The molecule has 0 bridgehead atoms. The van der Waals surface area contributed by atoms with Crippen LogP contribution in [0.2, 0.25) is 0 Å². The van der Waals surface area contributed by atoms with Gasteiger partial charge in [-0.2, -0.15) is 0 Å². The highest BCUT2D eigenvalue weighted by molar-refractivity contribution is 9.09. The van der Waals surface area contributed by atoms with Gasteiger partial charge >= 0.3 is 6.09 Å². The fourth-order valence-electron chi connectivity index (χ4n) is 1.31. The van der Waals surface area contributed by atoms with Gasteiger partial charge in [-0.1, -0.05) is 15.9 Å². The van der Waals surface area contributed by atoms with E-state index in [2.05, 4.69) is 21.2 Å². The Morgan fingerprint density at radius 2 is 1.94 bits per heavy atom. The molecular weight excluding hydrogens is 298 g/mol. The molecule has 0 spiro atoms. The van der Waals surface area contributed by atoms with Crippen LogP contribution < -0.4 is 5.32 Å². The van der Waals surface area contributed by atoms with Crippen molar-refractivity contribution in [1.29, 1.82) is 0 Å². The molecule has 0 radical (unpaired) electrons. The summed E-state index contributed by atoms with van der Waals surface area (Å²) in [6, 6.07) is 0. The zero-order chi connectivity index (χ0) is 13.8. The smallest absolute Gasteiger partial charge is 0.407 e. The van der Waals surface area contributed by atoms with Gasteiger partial charge in [-0.25, -0.2) is 4.79 Å². The number of halogens is 1. The molecule has 0 heterocycles. The summed E-state index contributed by atoms with van der Waals surface area (Å²) in [5.74, 6) is 0.713. The lowest BCUT2D eigenvalue weighted by molar-refractivity contribution is -0.0201. The number of alkyl carbamates (subject to hydrolysis) is 1. The number of alkyl halides is 1. The number of carbonyl (C=O) groups is 1. The van der Waals surface area contributed by atoms with Crippen LogP contribution in [0.3, 0.4) is 0 Å². The standard InChI is InChI=1S/C13H24BrNO3/c1-12(2,3)18-11(16)15-9-13(4,8-14)17-7-10-5-6-10/h10H,5-9H2,1-4H3,(H,15,16). The lowest BCUT2D eigenvalue weighted by Gasteiger charge is -2.29. The van der Waals surface area contributed by atoms with Crippen LogP contribution in [0.15, 0.2) is 0 Å². The molecule has 1 rings (SSSR count). The number of hydrogen-bond acceptors (Lipinski definition) is 3. The molecule has 106 valence electrons. The third-order valence-corrected chi connectivity index (χ3v) is 3.84. The lowest BCUT2D eigenvalue weighted by atomic mass is 10.1. The third kappa shape index (κ3) is 6.59. The Kier molecular flexibility index (Phi) is 5.46. The maximum Gasteiger partial charge on any atom is 0.407 e. The molecule has 1 amide bonds. The Bertz CT molecular complexity index is 286. The molecule has 0 aromatic heterocycles. The van der Waals surface area contributed by atoms with Gasteiger partial charge in [0.1, 0.15) is 5.60 Å². The van der Waals surface area contributed by atoms with Crippen molar-refractivity contribution in [1.82, 2.24) is 5.32 Å². The SMILES string of the molecule is CC(C)(C)OC(=O)NCC(C)(CBr)OCC1CC1. The summed E-state index contributed by atoms with van der Waals surface area (Å²) < 4.78 is 11.1. The summed E-state index contributed by atoms with van der Waals surface area (Å²) in [4.78, 5) is 11.6. The zero-order valence-electron chi connectivity index (χ0n) is 11.7. The quantitative estimate of drug-likeness (QED) is 0.765. The third-order valence-electron chi connectivity index (χ3n) is 2.65. The average Bonchev–Trinajstić information content (AvgIpc) is 3.05. The first-order valence-electron chi connectivity index (χ1n) is 6.41. The van der Waals surface area contributed by atoms with Crippen molar-refractivity contribution in [2.45, 2.75) is 51.7 Å². The first-order chi connectivity index (χ1) is 8.24. The molecule has 1 fully saturated rings. The van der Waals surface area contributed by atoms with Gasteiger partial charge in [0.25, 0.3) is 0 Å². The summed E-state index contributed by atoms with van der Waals surface area (Å²) in [7, 11) is 0. The maximum absolute atomic E-state index is 11.6. The Hall–Kier alpha value is -0.290. The fourth-order valence-corrected chi connectivity index (χ4v) is 1.67. The van der Waals surface area contributed by atoms with Crippen LogP contribution in [-0.2, 0) is 9.47 Å². The number of nitrogens with one attached hydrogen (secondary N) is 1. The van der Waals surface area contributed by atoms with Crippen molar-refractivity contribution >= 4 is 22.0 Å². The van der Waals surface area contributed by atoms with Gasteiger partial charge in [-0.05, 0) is 46.5 Å².